The van der Waals surface area contributed by atoms with E-state index in [0.29, 0.717) is 0 Å². The molecule has 1 fully saturated rings. The monoisotopic (exact) mass is 339 g/mol. The van der Waals surface area contributed by atoms with Gasteiger partial charge in [0.25, 0.3) is 0 Å². The second kappa shape index (κ2) is 9.37. The average molecular weight is 339 g/mol. The topological polar surface area (TPSA) is 52.6 Å². The first-order chi connectivity index (χ1) is 12.4. The number of fused-ring (bicyclic) bond motifs is 1. The Hall–Kier alpha value is -2.14. The predicted molar refractivity (Wildman–Crippen MR) is 105 cm³/mol. The van der Waals surface area contributed by atoms with Crippen LogP contribution in [0.1, 0.15) is 24.8 Å². The third-order valence-electron chi connectivity index (χ3n) is 4.80. The Morgan fingerprint density at radius 3 is 2.72 bits per heavy atom. The van der Waals surface area contributed by atoms with Gasteiger partial charge in [-0.3, -0.25) is 9.98 Å². The average Bonchev–Trinajstić information content (AvgIpc) is 2.68. The van der Waals surface area contributed by atoms with Gasteiger partial charge in [-0.2, -0.15) is 0 Å². The van der Waals surface area contributed by atoms with Gasteiger partial charge in [0.2, 0.25) is 0 Å². The number of hydrogen-bond donors (Lipinski definition) is 2. The van der Waals surface area contributed by atoms with Crippen molar-refractivity contribution in [3.8, 4) is 0 Å². The molecule has 1 aromatic carbocycles. The fourth-order valence-electron chi connectivity index (χ4n) is 3.42. The number of para-hydroxylation sites is 1. The summed E-state index contributed by atoms with van der Waals surface area (Å²) in [7, 11) is 1.83. The van der Waals surface area contributed by atoms with Crippen molar-refractivity contribution in [1.29, 1.82) is 0 Å². The van der Waals surface area contributed by atoms with Gasteiger partial charge in [-0.05, 0) is 44.0 Å². The zero-order chi connectivity index (χ0) is 17.3. The van der Waals surface area contributed by atoms with Crippen molar-refractivity contribution in [3.05, 3.63) is 42.1 Å². The summed E-state index contributed by atoms with van der Waals surface area (Å²) in [4.78, 5) is 11.4. The van der Waals surface area contributed by atoms with Gasteiger partial charge in [0, 0.05) is 38.3 Å². The summed E-state index contributed by atoms with van der Waals surface area (Å²) in [5.74, 6) is 0.880. The van der Waals surface area contributed by atoms with Crippen molar-refractivity contribution in [3.63, 3.8) is 0 Å². The number of piperidine rings is 1. The van der Waals surface area contributed by atoms with Crippen molar-refractivity contribution < 1.29 is 0 Å². The third-order valence-corrected chi connectivity index (χ3v) is 4.80. The second-order valence-electron chi connectivity index (χ2n) is 6.57. The maximum Gasteiger partial charge on any atom is 0.191 e. The summed E-state index contributed by atoms with van der Waals surface area (Å²) in [5, 5.41) is 8.03. The minimum atomic E-state index is 0.846. The summed E-state index contributed by atoms with van der Waals surface area (Å²) in [6.45, 7) is 5.35. The summed E-state index contributed by atoms with van der Waals surface area (Å²) < 4.78 is 0. The van der Waals surface area contributed by atoms with Crippen LogP contribution in [0, 0.1) is 0 Å². The zero-order valence-electron chi connectivity index (χ0n) is 15.2. The molecule has 25 heavy (non-hydrogen) atoms. The number of pyridine rings is 1. The van der Waals surface area contributed by atoms with Crippen molar-refractivity contribution in [1.82, 2.24) is 20.5 Å². The first-order valence-electron chi connectivity index (χ1n) is 9.36. The second-order valence-corrected chi connectivity index (χ2v) is 6.57. The molecule has 1 saturated heterocycles. The molecule has 0 unspecified atom stereocenters. The highest BCUT2D eigenvalue weighted by Gasteiger charge is 2.09. The van der Waals surface area contributed by atoms with Crippen LogP contribution < -0.4 is 10.6 Å². The van der Waals surface area contributed by atoms with E-state index in [1.54, 1.807) is 0 Å². The Labute approximate surface area is 150 Å². The quantitative estimate of drug-likeness (QED) is 0.627. The van der Waals surface area contributed by atoms with E-state index in [9.17, 15) is 0 Å². The largest absolute Gasteiger partial charge is 0.356 e. The molecule has 3 rings (SSSR count). The van der Waals surface area contributed by atoms with E-state index < -0.39 is 0 Å². The minimum absolute atomic E-state index is 0.846. The van der Waals surface area contributed by atoms with Crippen LogP contribution in [0.5, 0.6) is 0 Å². The summed E-state index contributed by atoms with van der Waals surface area (Å²) >= 11 is 0. The standard InChI is InChI=1S/C20H29N5/c1-21-20(24-13-16-25-14-3-2-4-15-25)23-12-10-18-8-5-7-17-9-6-11-22-19(17)18/h5-9,11H,2-4,10,12-16H2,1H3,(H2,21,23,24). The third kappa shape index (κ3) is 5.16. The van der Waals surface area contributed by atoms with Crippen LogP contribution in [0.4, 0.5) is 0 Å². The maximum atomic E-state index is 4.52. The molecule has 1 aliphatic heterocycles. The highest BCUT2D eigenvalue weighted by Crippen LogP contribution is 2.15. The minimum Gasteiger partial charge on any atom is -0.356 e. The van der Waals surface area contributed by atoms with Crippen LogP contribution in [0.15, 0.2) is 41.5 Å². The number of likely N-dealkylation sites (tertiary alicyclic amines) is 1. The van der Waals surface area contributed by atoms with Gasteiger partial charge >= 0.3 is 0 Å². The Bertz CT molecular complexity index is 686. The molecule has 0 radical (unpaired) electrons. The Morgan fingerprint density at radius 2 is 1.88 bits per heavy atom. The lowest BCUT2D eigenvalue weighted by Crippen LogP contribution is -2.43. The first kappa shape index (κ1) is 17.7. The predicted octanol–water partition coefficient (Wildman–Crippen LogP) is 2.43. The molecule has 0 aliphatic carbocycles. The van der Waals surface area contributed by atoms with Crippen LogP contribution in [0.3, 0.4) is 0 Å². The van der Waals surface area contributed by atoms with Crippen LogP contribution in [0.25, 0.3) is 10.9 Å². The number of aromatic nitrogens is 1. The number of guanidine groups is 1. The molecule has 0 amide bonds. The van der Waals surface area contributed by atoms with E-state index in [1.807, 2.05) is 19.3 Å². The highest BCUT2D eigenvalue weighted by molar-refractivity contribution is 5.82. The van der Waals surface area contributed by atoms with E-state index in [1.165, 1.54) is 43.3 Å². The summed E-state index contributed by atoms with van der Waals surface area (Å²) in [5.41, 5.74) is 2.37. The lowest BCUT2D eigenvalue weighted by Gasteiger charge is -2.26. The molecule has 1 aliphatic rings. The molecule has 5 heteroatoms. The van der Waals surface area contributed by atoms with Crippen molar-refractivity contribution >= 4 is 16.9 Å². The molecule has 0 atom stereocenters. The van der Waals surface area contributed by atoms with Gasteiger partial charge in [-0.15, -0.1) is 0 Å². The first-order valence-corrected chi connectivity index (χ1v) is 9.36. The highest BCUT2D eigenvalue weighted by atomic mass is 15.2. The maximum absolute atomic E-state index is 4.52. The number of benzene rings is 1. The van der Waals surface area contributed by atoms with Gasteiger partial charge in [0.1, 0.15) is 0 Å². The molecule has 1 aromatic heterocycles. The molecule has 0 saturated carbocycles. The van der Waals surface area contributed by atoms with Crippen LogP contribution in [0.2, 0.25) is 0 Å². The van der Waals surface area contributed by atoms with Gasteiger partial charge in [0.15, 0.2) is 5.96 Å². The fraction of sp³-hybridized carbons (Fsp3) is 0.500. The van der Waals surface area contributed by atoms with Gasteiger partial charge < -0.3 is 15.5 Å². The smallest absolute Gasteiger partial charge is 0.191 e. The van der Waals surface area contributed by atoms with Crippen molar-refractivity contribution in [2.45, 2.75) is 25.7 Å². The van der Waals surface area contributed by atoms with E-state index in [2.05, 4.69) is 49.8 Å². The Balaban J connectivity index is 1.43. The molecule has 2 aromatic rings. The van der Waals surface area contributed by atoms with Crippen molar-refractivity contribution in [2.75, 3.05) is 39.8 Å². The lowest BCUT2D eigenvalue weighted by atomic mass is 10.1. The zero-order valence-corrected chi connectivity index (χ0v) is 15.2. The van der Waals surface area contributed by atoms with Gasteiger partial charge in [0.05, 0.1) is 5.52 Å². The van der Waals surface area contributed by atoms with Crippen molar-refractivity contribution in [2.24, 2.45) is 4.99 Å². The van der Waals surface area contributed by atoms with E-state index in [4.69, 9.17) is 0 Å². The Morgan fingerprint density at radius 1 is 1.08 bits per heavy atom. The molecule has 2 N–H and O–H groups in total. The number of aliphatic imine (C=N–C) groups is 1. The molecular formula is C20H29N5. The molecule has 134 valence electrons. The number of rotatable bonds is 6. The van der Waals surface area contributed by atoms with E-state index in [-0.39, 0.29) is 0 Å². The van der Waals surface area contributed by atoms with Crippen LogP contribution in [-0.4, -0.2) is 55.6 Å². The Kier molecular flexibility index (Phi) is 6.63. The molecule has 0 bridgehead atoms. The molecule has 0 spiro atoms. The summed E-state index contributed by atoms with van der Waals surface area (Å²) in [6.07, 6.45) is 6.86. The lowest BCUT2D eigenvalue weighted by molar-refractivity contribution is 0.232. The molecule has 5 nitrogen and oxygen atoms in total. The van der Waals surface area contributed by atoms with Crippen LogP contribution >= 0.6 is 0 Å². The summed E-state index contributed by atoms with van der Waals surface area (Å²) in [6, 6.07) is 10.5. The van der Waals surface area contributed by atoms with Crippen LogP contribution in [-0.2, 0) is 6.42 Å². The SMILES string of the molecule is CN=C(NCCc1cccc2cccnc12)NCCN1CCCCC1. The van der Waals surface area contributed by atoms with Gasteiger partial charge in [-0.25, -0.2) is 0 Å². The molecule has 2 heterocycles. The number of hydrogen-bond acceptors (Lipinski definition) is 3. The van der Waals surface area contributed by atoms with E-state index in [0.717, 1.165) is 37.5 Å². The fourth-order valence-corrected chi connectivity index (χ4v) is 3.42. The van der Waals surface area contributed by atoms with E-state index >= 15 is 0 Å². The normalized spacial score (nSPS) is 16.1. The molecular weight excluding hydrogens is 310 g/mol. The van der Waals surface area contributed by atoms with Gasteiger partial charge in [-0.1, -0.05) is 30.7 Å². The number of nitrogens with one attached hydrogen (secondary N) is 2. The number of nitrogens with zero attached hydrogens (tertiary/aromatic N) is 3.